The van der Waals surface area contributed by atoms with Crippen LogP contribution in [-0.4, -0.2) is 60.1 Å². The van der Waals surface area contributed by atoms with Crippen LogP contribution < -0.4 is 5.32 Å². The predicted molar refractivity (Wildman–Crippen MR) is 82.9 cm³/mol. The Morgan fingerprint density at radius 3 is 3.08 bits per heavy atom. The number of oxazole rings is 1. The fourth-order valence-corrected chi connectivity index (χ4v) is 3.48. The Morgan fingerprint density at radius 1 is 1.54 bits per heavy atom. The van der Waals surface area contributed by atoms with E-state index >= 15 is 0 Å². The summed E-state index contributed by atoms with van der Waals surface area (Å²) in [5.41, 5.74) is -0.376. The van der Waals surface area contributed by atoms with E-state index < -0.39 is 0 Å². The lowest BCUT2D eigenvalue weighted by atomic mass is 9.83. The summed E-state index contributed by atoms with van der Waals surface area (Å²) in [7, 11) is 0. The maximum absolute atomic E-state index is 12.4. The van der Waals surface area contributed by atoms with E-state index in [0.717, 1.165) is 6.42 Å². The van der Waals surface area contributed by atoms with Crippen molar-refractivity contribution in [3.05, 3.63) is 17.8 Å². The third kappa shape index (κ3) is 3.59. The maximum Gasteiger partial charge on any atom is 0.248 e. The molecule has 2 atom stereocenters. The number of amides is 2. The molecule has 2 saturated heterocycles. The van der Waals surface area contributed by atoms with Crippen molar-refractivity contribution in [2.75, 3.05) is 32.9 Å². The van der Waals surface area contributed by atoms with Gasteiger partial charge in [-0.1, -0.05) is 0 Å². The topological polar surface area (TPSA) is 93.9 Å². The highest BCUT2D eigenvalue weighted by Crippen LogP contribution is 2.34. The third-order valence-electron chi connectivity index (χ3n) is 4.60. The summed E-state index contributed by atoms with van der Waals surface area (Å²) in [6, 6.07) is 0. The third-order valence-corrected chi connectivity index (χ3v) is 4.60. The van der Waals surface area contributed by atoms with Gasteiger partial charge in [-0.05, 0) is 13.3 Å². The number of hydrogen-bond acceptors (Lipinski definition) is 6. The highest BCUT2D eigenvalue weighted by atomic mass is 16.5. The zero-order chi connectivity index (χ0) is 17.2. The van der Waals surface area contributed by atoms with Crippen molar-refractivity contribution >= 4 is 11.8 Å². The predicted octanol–water partition coefficient (Wildman–Crippen LogP) is 0.253. The van der Waals surface area contributed by atoms with Gasteiger partial charge < -0.3 is 24.1 Å². The smallest absolute Gasteiger partial charge is 0.248 e. The number of nitrogens with one attached hydrogen (secondary N) is 1. The SMILES string of the molecule is CC(=O)N[C@@]12CCOC[C@@H]1CN(C(=O)COCc1ncc(C)o1)C2. The molecule has 132 valence electrons. The number of nitrogens with zero attached hydrogens (tertiary/aromatic N) is 2. The number of carbonyl (C=O) groups is 2. The van der Waals surface area contributed by atoms with E-state index in [1.54, 1.807) is 18.0 Å². The van der Waals surface area contributed by atoms with Crippen molar-refractivity contribution in [2.24, 2.45) is 5.92 Å². The first kappa shape index (κ1) is 16.9. The molecule has 0 unspecified atom stereocenters. The van der Waals surface area contributed by atoms with Crippen LogP contribution in [0.15, 0.2) is 10.6 Å². The molecular weight excluding hydrogens is 314 g/mol. The maximum atomic E-state index is 12.4. The molecule has 0 saturated carbocycles. The standard InChI is InChI=1S/C16H23N3O5/c1-11-5-17-14(24-11)8-23-9-15(21)19-6-13-7-22-4-3-16(13,10-19)18-12(2)20/h5,13H,3-4,6-10H2,1-2H3,(H,18,20)/t13-,16+/m0/s1. The second-order valence-corrected chi connectivity index (χ2v) is 6.49. The van der Waals surface area contributed by atoms with Gasteiger partial charge in [0.25, 0.3) is 0 Å². The first-order chi connectivity index (χ1) is 11.5. The molecule has 1 aromatic rings. The van der Waals surface area contributed by atoms with Gasteiger partial charge in [-0.15, -0.1) is 0 Å². The van der Waals surface area contributed by atoms with Gasteiger partial charge in [0.05, 0.1) is 18.3 Å². The van der Waals surface area contributed by atoms with Crippen LogP contribution in [0.4, 0.5) is 0 Å². The Morgan fingerprint density at radius 2 is 2.38 bits per heavy atom. The number of ether oxygens (including phenoxy) is 2. The van der Waals surface area contributed by atoms with Crippen molar-refractivity contribution in [3.8, 4) is 0 Å². The number of rotatable bonds is 5. The van der Waals surface area contributed by atoms with Gasteiger partial charge in [0, 0.05) is 32.5 Å². The Kier molecular flexibility index (Phi) is 4.86. The van der Waals surface area contributed by atoms with Crippen molar-refractivity contribution in [2.45, 2.75) is 32.4 Å². The molecule has 2 aliphatic rings. The Hall–Kier alpha value is -1.93. The van der Waals surface area contributed by atoms with E-state index in [1.807, 2.05) is 0 Å². The molecule has 0 aliphatic carbocycles. The van der Waals surface area contributed by atoms with Crippen LogP contribution in [-0.2, 0) is 25.7 Å². The fourth-order valence-electron chi connectivity index (χ4n) is 3.48. The van der Waals surface area contributed by atoms with Crippen LogP contribution in [0.2, 0.25) is 0 Å². The van der Waals surface area contributed by atoms with Gasteiger partial charge in [0.1, 0.15) is 19.0 Å². The minimum absolute atomic E-state index is 0.0366. The molecule has 2 fully saturated rings. The molecule has 1 aromatic heterocycles. The molecule has 2 aliphatic heterocycles. The normalized spacial score (nSPS) is 26.2. The van der Waals surface area contributed by atoms with E-state index in [0.29, 0.717) is 38.0 Å². The lowest BCUT2D eigenvalue weighted by Gasteiger charge is -2.38. The molecule has 3 heterocycles. The van der Waals surface area contributed by atoms with Crippen molar-refractivity contribution in [1.82, 2.24) is 15.2 Å². The van der Waals surface area contributed by atoms with Gasteiger partial charge in [-0.3, -0.25) is 9.59 Å². The Labute approximate surface area is 140 Å². The number of aryl methyl sites for hydroxylation is 1. The number of carbonyl (C=O) groups excluding carboxylic acids is 2. The molecule has 0 radical (unpaired) electrons. The van der Waals surface area contributed by atoms with Crippen LogP contribution in [0.3, 0.4) is 0 Å². The Bertz CT molecular complexity index is 617. The van der Waals surface area contributed by atoms with Gasteiger partial charge >= 0.3 is 0 Å². The number of fused-ring (bicyclic) bond motifs is 1. The van der Waals surface area contributed by atoms with Crippen molar-refractivity contribution in [1.29, 1.82) is 0 Å². The average molecular weight is 337 g/mol. The summed E-state index contributed by atoms with van der Waals surface area (Å²) < 4.78 is 16.2. The van der Waals surface area contributed by atoms with E-state index in [9.17, 15) is 9.59 Å². The second-order valence-electron chi connectivity index (χ2n) is 6.49. The molecule has 0 bridgehead atoms. The molecule has 0 spiro atoms. The van der Waals surface area contributed by atoms with Crippen LogP contribution in [0.25, 0.3) is 0 Å². The largest absolute Gasteiger partial charge is 0.443 e. The van der Waals surface area contributed by atoms with Gasteiger partial charge in [0.15, 0.2) is 0 Å². The summed E-state index contributed by atoms with van der Waals surface area (Å²) in [5.74, 6) is 1.11. The van der Waals surface area contributed by atoms with Crippen LogP contribution in [0.1, 0.15) is 25.0 Å². The second kappa shape index (κ2) is 6.90. The molecule has 2 amide bonds. The van der Waals surface area contributed by atoms with Crippen LogP contribution in [0, 0.1) is 12.8 Å². The van der Waals surface area contributed by atoms with E-state index in [-0.39, 0.29) is 36.5 Å². The monoisotopic (exact) mass is 337 g/mol. The molecule has 0 aromatic carbocycles. The van der Waals surface area contributed by atoms with Crippen molar-refractivity contribution < 1.29 is 23.5 Å². The highest BCUT2D eigenvalue weighted by Gasteiger charge is 2.50. The highest BCUT2D eigenvalue weighted by molar-refractivity contribution is 5.79. The number of hydrogen-bond donors (Lipinski definition) is 1. The zero-order valence-electron chi connectivity index (χ0n) is 14.0. The van der Waals surface area contributed by atoms with E-state index in [4.69, 9.17) is 13.9 Å². The summed E-state index contributed by atoms with van der Waals surface area (Å²) in [6.45, 7) is 5.66. The first-order valence-electron chi connectivity index (χ1n) is 8.12. The lowest BCUT2D eigenvalue weighted by molar-refractivity contribution is -0.136. The summed E-state index contributed by atoms with van der Waals surface area (Å²) >= 11 is 0. The fraction of sp³-hybridized carbons (Fsp3) is 0.688. The van der Waals surface area contributed by atoms with Crippen LogP contribution in [0.5, 0.6) is 0 Å². The average Bonchev–Trinajstić information content (AvgIpc) is 3.10. The molecular formula is C16H23N3O5. The minimum Gasteiger partial charge on any atom is -0.443 e. The van der Waals surface area contributed by atoms with E-state index in [2.05, 4.69) is 10.3 Å². The molecule has 8 heteroatoms. The molecule has 24 heavy (non-hydrogen) atoms. The van der Waals surface area contributed by atoms with Gasteiger partial charge in [-0.2, -0.15) is 0 Å². The molecule has 1 N–H and O–H groups in total. The summed E-state index contributed by atoms with van der Waals surface area (Å²) in [4.78, 5) is 29.7. The summed E-state index contributed by atoms with van der Waals surface area (Å²) in [6.07, 6.45) is 2.33. The number of aromatic nitrogens is 1. The van der Waals surface area contributed by atoms with E-state index in [1.165, 1.54) is 6.92 Å². The number of likely N-dealkylation sites (tertiary alicyclic amines) is 1. The van der Waals surface area contributed by atoms with Crippen LogP contribution >= 0.6 is 0 Å². The minimum atomic E-state index is -0.376. The van der Waals surface area contributed by atoms with Gasteiger partial charge in [0.2, 0.25) is 17.7 Å². The van der Waals surface area contributed by atoms with Gasteiger partial charge in [-0.25, -0.2) is 4.98 Å². The molecule has 8 nitrogen and oxygen atoms in total. The Balaban J connectivity index is 1.54. The zero-order valence-corrected chi connectivity index (χ0v) is 14.0. The quantitative estimate of drug-likeness (QED) is 0.828. The van der Waals surface area contributed by atoms with Crippen molar-refractivity contribution in [3.63, 3.8) is 0 Å². The summed E-state index contributed by atoms with van der Waals surface area (Å²) in [5, 5.41) is 3.05. The lowest BCUT2D eigenvalue weighted by Crippen LogP contribution is -2.57. The first-order valence-corrected chi connectivity index (χ1v) is 8.12. The molecule has 3 rings (SSSR count).